The number of thioether (sulfide) groups is 1. The van der Waals surface area contributed by atoms with Gasteiger partial charge in [0.15, 0.2) is 0 Å². The molecule has 5 N–H and O–H groups in total. The molecule has 0 aliphatic rings. The van der Waals surface area contributed by atoms with E-state index in [0.717, 1.165) is 18.6 Å². The van der Waals surface area contributed by atoms with Crippen LogP contribution in [0.4, 0.5) is 10.5 Å². The Bertz CT molecular complexity index is 851. The zero-order chi connectivity index (χ0) is 25.7. The van der Waals surface area contributed by atoms with E-state index in [-0.39, 0.29) is 29.5 Å². The number of aromatic carboxylic acids is 1. The van der Waals surface area contributed by atoms with Crippen LogP contribution in [-0.2, 0) is 4.79 Å². The first-order chi connectivity index (χ1) is 16.9. The smallest absolute Gasteiger partial charge is 0.339 e. The Morgan fingerprint density at radius 2 is 1.54 bits per heavy atom. The minimum absolute atomic E-state index is 0.0632. The molecule has 1 rings (SSSR count). The summed E-state index contributed by atoms with van der Waals surface area (Å²) in [6.45, 7) is 2.43. The average Bonchev–Trinajstić information content (AvgIpc) is 2.83. The fourth-order valence-corrected chi connectivity index (χ4v) is 4.17. The number of carbonyl (C=O) groups is 3. The molecule has 0 heterocycles. The van der Waals surface area contributed by atoms with E-state index in [2.05, 4.69) is 27.8 Å². The number of hydrogen-bond donors (Lipinski definition) is 5. The summed E-state index contributed by atoms with van der Waals surface area (Å²) in [6.07, 6.45) is 12.3. The second kappa shape index (κ2) is 19.4. The molecule has 0 saturated heterocycles. The molecule has 0 fully saturated rings. The number of rotatable bonds is 18. The van der Waals surface area contributed by atoms with Gasteiger partial charge in [0.2, 0.25) is 5.91 Å². The van der Waals surface area contributed by atoms with Crippen LogP contribution < -0.4 is 16.0 Å². The van der Waals surface area contributed by atoms with Gasteiger partial charge in [-0.05, 0) is 43.7 Å². The van der Waals surface area contributed by atoms with E-state index in [1.165, 1.54) is 69.6 Å². The summed E-state index contributed by atoms with van der Waals surface area (Å²) in [5, 5.41) is 26.3. The van der Waals surface area contributed by atoms with Gasteiger partial charge in [0.1, 0.15) is 11.3 Å². The van der Waals surface area contributed by atoms with Gasteiger partial charge < -0.3 is 26.2 Å². The molecule has 8 nitrogen and oxygen atoms in total. The van der Waals surface area contributed by atoms with E-state index >= 15 is 0 Å². The number of anilines is 1. The number of carbonyl (C=O) groups excluding carboxylic acids is 2. The molecule has 1 aromatic rings. The number of urea groups is 1. The van der Waals surface area contributed by atoms with Crippen molar-refractivity contribution in [2.45, 2.75) is 71.1 Å². The monoisotopic (exact) mass is 505 g/mol. The van der Waals surface area contributed by atoms with E-state index in [9.17, 15) is 19.5 Å². The highest BCUT2D eigenvalue weighted by Gasteiger charge is 2.11. The second-order valence-electron chi connectivity index (χ2n) is 8.18. The highest BCUT2D eigenvalue weighted by Crippen LogP contribution is 2.21. The van der Waals surface area contributed by atoms with Crippen molar-refractivity contribution >= 4 is 35.4 Å². The zero-order valence-electron chi connectivity index (χ0n) is 20.7. The molecule has 35 heavy (non-hydrogen) atoms. The third-order valence-corrected chi connectivity index (χ3v) is 6.26. The van der Waals surface area contributed by atoms with Crippen molar-refractivity contribution < 1.29 is 24.6 Å². The summed E-state index contributed by atoms with van der Waals surface area (Å²) < 4.78 is 0. The summed E-state index contributed by atoms with van der Waals surface area (Å²) in [6, 6.07) is 3.23. The fourth-order valence-electron chi connectivity index (χ4n) is 3.33. The number of carboxylic acid groups (broad SMARTS) is 1. The number of phenols is 1. The topological polar surface area (TPSA) is 128 Å². The lowest BCUT2D eigenvalue weighted by Gasteiger charge is -2.10. The third-order valence-electron chi connectivity index (χ3n) is 5.22. The third kappa shape index (κ3) is 15.6. The van der Waals surface area contributed by atoms with Crippen molar-refractivity contribution in [1.82, 2.24) is 10.6 Å². The van der Waals surface area contributed by atoms with Gasteiger partial charge in [-0.1, -0.05) is 44.9 Å². The van der Waals surface area contributed by atoms with Crippen LogP contribution in [0.2, 0.25) is 0 Å². The fraction of sp³-hybridized carbons (Fsp3) is 0.577. The maximum atomic E-state index is 11.9. The van der Waals surface area contributed by atoms with Crippen LogP contribution >= 0.6 is 11.8 Å². The van der Waals surface area contributed by atoms with Crippen molar-refractivity contribution in [2.75, 3.05) is 29.9 Å². The molecule has 0 aliphatic carbocycles. The van der Waals surface area contributed by atoms with Gasteiger partial charge in [-0.3, -0.25) is 4.79 Å². The normalized spacial score (nSPS) is 10.2. The number of unbranched alkanes of at least 4 members (excludes halogenated alkanes) is 9. The van der Waals surface area contributed by atoms with Gasteiger partial charge in [0.05, 0.1) is 5.75 Å². The summed E-state index contributed by atoms with van der Waals surface area (Å²) in [7, 11) is 0. The minimum atomic E-state index is -1.29. The van der Waals surface area contributed by atoms with Crippen LogP contribution in [0, 0.1) is 11.8 Å². The first-order valence-electron chi connectivity index (χ1n) is 12.3. The number of hydrogen-bond acceptors (Lipinski definition) is 5. The molecule has 0 radical (unpaired) electrons. The van der Waals surface area contributed by atoms with Crippen molar-refractivity contribution in [3.05, 3.63) is 23.8 Å². The molecular formula is C26H39N3O5S. The van der Waals surface area contributed by atoms with Crippen LogP contribution in [0.1, 0.15) is 81.5 Å². The summed E-state index contributed by atoms with van der Waals surface area (Å²) in [5.74, 6) is 5.68. The quantitative estimate of drug-likeness (QED) is 0.109. The summed E-state index contributed by atoms with van der Waals surface area (Å²) >= 11 is 1.62. The molecule has 9 heteroatoms. The van der Waals surface area contributed by atoms with Crippen LogP contribution in [0.5, 0.6) is 5.75 Å². The van der Waals surface area contributed by atoms with Gasteiger partial charge in [-0.2, -0.15) is 11.8 Å². The SMILES string of the molecule is CC#CCCCCCCCCCCCSCC(=O)NCCNC(=O)Nc1ccc(O)c(C(=O)O)c1. The number of benzene rings is 1. The highest BCUT2D eigenvalue weighted by molar-refractivity contribution is 7.99. The first kappa shape index (κ1) is 30.2. The summed E-state index contributed by atoms with van der Waals surface area (Å²) in [4.78, 5) is 34.8. The molecule has 0 bridgehead atoms. The second-order valence-corrected chi connectivity index (χ2v) is 9.28. The Morgan fingerprint density at radius 1 is 0.914 bits per heavy atom. The zero-order valence-corrected chi connectivity index (χ0v) is 21.5. The first-order valence-corrected chi connectivity index (χ1v) is 13.4. The molecule has 0 aromatic heterocycles. The highest BCUT2D eigenvalue weighted by atomic mass is 32.2. The Labute approximate surface area is 213 Å². The number of nitrogens with one attached hydrogen (secondary N) is 3. The van der Waals surface area contributed by atoms with Crippen molar-refractivity contribution in [3.63, 3.8) is 0 Å². The molecule has 3 amide bonds. The van der Waals surface area contributed by atoms with Gasteiger partial charge in [0, 0.05) is 25.2 Å². The van der Waals surface area contributed by atoms with Gasteiger partial charge >= 0.3 is 12.0 Å². The van der Waals surface area contributed by atoms with Gasteiger partial charge in [0.25, 0.3) is 0 Å². The van der Waals surface area contributed by atoms with Crippen molar-refractivity contribution in [1.29, 1.82) is 0 Å². The van der Waals surface area contributed by atoms with Crippen LogP contribution in [-0.4, -0.2) is 52.7 Å². The minimum Gasteiger partial charge on any atom is -0.507 e. The molecule has 194 valence electrons. The van der Waals surface area contributed by atoms with E-state index < -0.39 is 12.0 Å². The predicted octanol–water partition coefficient (Wildman–Crippen LogP) is 4.99. The molecule has 0 spiro atoms. The molecule has 0 saturated carbocycles. The number of carboxylic acids is 1. The summed E-state index contributed by atoms with van der Waals surface area (Å²) in [5.41, 5.74) is -0.0564. The standard InChI is InChI=1S/C26H39N3O5S/c1-2-3-4-5-6-7-8-9-10-11-12-13-18-35-20-24(31)27-16-17-28-26(34)29-21-14-15-23(30)22(19-21)25(32)33/h14-15,19,30H,4-13,16-18,20H2,1H3,(H,27,31)(H,32,33)(H2,28,29,34). The van der Waals surface area contributed by atoms with E-state index in [4.69, 9.17) is 5.11 Å². The molecular weight excluding hydrogens is 466 g/mol. The van der Waals surface area contributed by atoms with Crippen LogP contribution in [0.25, 0.3) is 0 Å². The maximum Gasteiger partial charge on any atom is 0.339 e. The Hall–Kier alpha value is -2.86. The average molecular weight is 506 g/mol. The van der Waals surface area contributed by atoms with Gasteiger partial charge in [-0.15, -0.1) is 11.8 Å². The number of amides is 3. The molecule has 1 aromatic carbocycles. The predicted molar refractivity (Wildman–Crippen MR) is 142 cm³/mol. The van der Waals surface area contributed by atoms with E-state index in [1.807, 2.05) is 6.92 Å². The largest absolute Gasteiger partial charge is 0.507 e. The maximum absolute atomic E-state index is 11.9. The lowest BCUT2D eigenvalue weighted by Crippen LogP contribution is -2.37. The Kier molecular flexibility index (Phi) is 16.8. The van der Waals surface area contributed by atoms with Crippen molar-refractivity contribution in [3.8, 4) is 17.6 Å². The number of aromatic hydroxyl groups is 1. The lowest BCUT2D eigenvalue weighted by atomic mass is 10.1. The lowest BCUT2D eigenvalue weighted by molar-refractivity contribution is -0.118. The van der Waals surface area contributed by atoms with E-state index in [0.29, 0.717) is 12.3 Å². The molecule has 0 atom stereocenters. The van der Waals surface area contributed by atoms with Crippen molar-refractivity contribution in [2.24, 2.45) is 0 Å². The van der Waals surface area contributed by atoms with Crippen LogP contribution in [0.3, 0.4) is 0 Å². The molecule has 0 unspecified atom stereocenters. The Balaban J connectivity index is 1.95. The molecule has 0 aliphatic heterocycles. The van der Waals surface area contributed by atoms with Crippen LogP contribution in [0.15, 0.2) is 18.2 Å². The Morgan fingerprint density at radius 3 is 2.20 bits per heavy atom. The van der Waals surface area contributed by atoms with E-state index in [1.54, 1.807) is 11.8 Å². The van der Waals surface area contributed by atoms with Gasteiger partial charge in [-0.25, -0.2) is 9.59 Å².